The van der Waals surface area contributed by atoms with E-state index in [-0.39, 0.29) is 0 Å². The van der Waals surface area contributed by atoms with Gasteiger partial charge in [-0.25, -0.2) is 0 Å². The number of benzene rings is 2. The lowest BCUT2D eigenvalue weighted by Gasteiger charge is -2.07. The summed E-state index contributed by atoms with van der Waals surface area (Å²) in [4.78, 5) is 0.762. The Hall–Kier alpha value is -2.93. The van der Waals surface area contributed by atoms with Crippen molar-refractivity contribution in [2.24, 2.45) is 0 Å². The summed E-state index contributed by atoms with van der Waals surface area (Å²) in [5.41, 5.74) is 2.05. The molecule has 2 aromatic heterocycles. The van der Waals surface area contributed by atoms with Crippen LogP contribution in [-0.2, 0) is 6.42 Å². The molecule has 0 saturated carbocycles. The smallest absolute Gasteiger partial charge is 0.236 e. The summed E-state index contributed by atoms with van der Waals surface area (Å²) in [6, 6.07) is 17.9. The van der Waals surface area contributed by atoms with Gasteiger partial charge in [0.15, 0.2) is 5.82 Å². The molecule has 0 amide bonds. The standard InChI is InChI=1S/C17H15N5OS/c1-23-14-10-6-5-9-13(14)18-16-21-22-15(19-20-17(22)24-16)11-12-7-3-2-4-8-12/h2-10H,11H2,1H3,(H,18,21). The van der Waals surface area contributed by atoms with Crippen LogP contribution in [0.2, 0.25) is 0 Å². The zero-order valence-electron chi connectivity index (χ0n) is 13.0. The highest BCUT2D eigenvalue weighted by Crippen LogP contribution is 2.29. The molecule has 0 atom stereocenters. The molecular weight excluding hydrogens is 322 g/mol. The van der Waals surface area contributed by atoms with Gasteiger partial charge in [-0.15, -0.1) is 15.3 Å². The summed E-state index contributed by atoms with van der Waals surface area (Å²) in [6.45, 7) is 0. The molecule has 0 fully saturated rings. The minimum absolute atomic E-state index is 0.694. The highest BCUT2D eigenvalue weighted by molar-refractivity contribution is 7.20. The number of hydrogen-bond donors (Lipinski definition) is 1. The number of nitrogens with one attached hydrogen (secondary N) is 1. The van der Waals surface area contributed by atoms with Crippen LogP contribution in [0.1, 0.15) is 11.4 Å². The number of ether oxygens (including phenoxy) is 1. The van der Waals surface area contributed by atoms with Crippen LogP contribution in [0, 0.1) is 0 Å². The Morgan fingerprint density at radius 2 is 1.83 bits per heavy atom. The van der Waals surface area contributed by atoms with E-state index in [0.29, 0.717) is 6.42 Å². The van der Waals surface area contributed by atoms with E-state index in [4.69, 9.17) is 4.74 Å². The molecule has 2 heterocycles. The predicted octanol–water partition coefficient (Wildman–Crippen LogP) is 3.53. The minimum Gasteiger partial charge on any atom is -0.495 e. The van der Waals surface area contributed by atoms with Crippen molar-refractivity contribution in [2.45, 2.75) is 6.42 Å². The van der Waals surface area contributed by atoms with Crippen molar-refractivity contribution in [3.05, 3.63) is 66.0 Å². The SMILES string of the molecule is COc1ccccc1Nc1nn2c(Cc3ccccc3)nnc2s1. The first kappa shape index (κ1) is 14.6. The molecule has 4 aromatic rings. The summed E-state index contributed by atoms with van der Waals surface area (Å²) in [6.07, 6.45) is 0.694. The summed E-state index contributed by atoms with van der Waals surface area (Å²) in [7, 11) is 1.65. The summed E-state index contributed by atoms with van der Waals surface area (Å²) >= 11 is 1.45. The Kier molecular flexibility index (Phi) is 3.84. The highest BCUT2D eigenvalue weighted by Gasteiger charge is 2.13. The highest BCUT2D eigenvalue weighted by atomic mass is 32.1. The lowest BCUT2D eigenvalue weighted by atomic mass is 10.1. The number of nitrogens with zero attached hydrogens (tertiary/aromatic N) is 4. The monoisotopic (exact) mass is 337 g/mol. The van der Waals surface area contributed by atoms with Gasteiger partial charge in [-0.3, -0.25) is 0 Å². The fourth-order valence-corrected chi connectivity index (χ4v) is 3.23. The molecule has 24 heavy (non-hydrogen) atoms. The number of aromatic nitrogens is 4. The molecule has 2 aromatic carbocycles. The Morgan fingerprint density at radius 1 is 1.04 bits per heavy atom. The quantitative estimate of drug-likeness (QED) is 0.603. The van der Waals surface area contributed by atoms with Gasteiger partial charge >= 0.3 is 0 Å². The Bertz CT molecular complexity index is 963. The van der Waals surface area contributed by atoms with Crippen molar-refractivity contribution in [3.63, 3.8) is 0 Å². The first-order valence-electron chi connectivity index (χ1n) is 7.48. The largest absolute Gasteiger partial charge is 0.495 e. The summed E-state index contributed by atoms with van der Waals surface area (Å²) in [5.74, 6) is 1.59. The number of para-hydroxylation sites is 2. The Morgan fingerprint density at radius 3 is 2.67 bits per heavy atom. The fraction of sp³-hybridized carbons (Fsp3) is 0.118. The molecule has 0 bridgehead atoms. The van der Waals surface area contributed by atoms with Gasteiger partial charge < -0.3 is 10.1 Å². The number of anilines is 2. The average molecular weight is 337 g/mol. The maximum atomic E-state index is 5.36. The maximum absolute atomic E-state index is 5.36. The second-order valence-corrected chi connectivity index (χ2v) is 6.16. The molecule has 7 heteroatoms. The van der Waals surface area contributed by atoms with E-state index in [1.807, 2.05) is 42.5 Å². The molecule has 0 aliphatic carbocycles. The van der Waals surface area contributed by atoms with Crippen molar-refractivity contribution >= 4 is 27.1 Å². The van der Waals surface area contributed by atoms with Gasteiger partial charge in [0.2, 0.25) is 10.1 Å². The fourth-order valence-electron chi connectivity index (χ4n) is 2.46. The Labute approximate surface area is 142 Å². The number of methoxy groups -OCH3 is 1. The third kappa shape index (κ3) is 2.81. The molecule has 0 aliphatic heterocycles. The van der Waals surface area contributed by atoms with E-state index in [9.17, 15) is 0 Å². The third-order valence-electron chi connectivity index (χ3n) is 3.61. The van der Waals surface area contributed by atoms with Gasteiger partial charge in [0, 0.05) is 6.42 Å². The van der Waals surface area contributed by atoms with Crippen LogP contribution in [0.25, 0.3) is 4.96 Å². The van der Waals surface area contributed by atoms with E-state index < -0.39 is 0 Å². The Balaban J connectivity index is 1.62. The molecule has 1 N–H and O–H groups in total. The van der Waals surface area contributed by atoms with E-state index >= 15 is 0 Å². The lowest BCUT2D eigenvalue weighted by Crippen LogP contribution is -1.99. The van der Waals surface area contributed by atoms with E-state index in [0.717, 1.165) is 27.4 Å². The molecule has 0 radical (unpaired) electrons. The van der Waals surface area contributed by atoms with E-state index in [1.54, 1.807) is 11.6 Å². The second-order valence-electron chi connectivity index (χ2n) is 5.21. The number of rotatable bonds is 5. The van der Waals surface area contributed by atoms with Crippen LogP contribution in [-0.4, -0.2) is 26.9 Å². The van der Waals surface area contributed by atoms with Crippen molar-refractivity contribution < 1.29 is 4.74 Å². The summed E-state index contributed by atoms with van der Waals surface area (Å²) in [5, 5.41) is 17.1. The first-order chi connectivity index (χ1) is 11.8. The number of fused-ring (bicyclic) bond motifs is 1. The number of hydrogen-bond acceptors (Lipinski definition) is 6. The van der Waals surface area contributed by atoms with Crippen molar-refractivity contribution in [1.82, 2.24) is 19.8 Å². The van der Waals surface area contributed by atoms with Gasteiger partial charge in [0.25, 0.3) is 0 Å². The molecule has 0 spiro atoms. The summed E-state index contributed by atoms with van der Waals surface area (Å²) < 4.78 is 7.14. The average Bonchev–Trinajstić information content (AvgIpc) is 3.18. The molecule has 6 nitrogen and oxygen atoms in total. The van der Waals surface area contributed by atoms with Crippen molar-refractivity contribution in [2.75, 3.05) is 12.4 Å². The van der Waals surface area contributed by atoms with Gasteiger partial charge in [-0.2, -0.15) is 4.52 Å². The van der Waals surface area contributed by atoms with E-state index in [1.165, 1.54) is 16.9 Å². The zero-order valence-corrected chi connectivity index (χ0v) is 13.8. The van der Waals surface area contributed by atoms with Crippen LogP contribution >= 0.6 is 11.3 Å². The maximum Gasteiger partial charge on any atom is 0.236 e. The van der Waals surface area contributed by atoms with E-state index in [2.05, 4.69) is 32.7 Å². The molecular formula is C17H15N5OS. The van der Waals surface area contributed by atoms with Crippen LogP contribution in [0.3, 0.4) is 0 Å². The third-order valence-corrected chi connectivity index (χ3v) is 4.42. The van der Waals surface area contributed by atoms with Crippen molar-refractivity contribution in [3.8, 4) is 5.75 Å². The second kappa shape index (κ2) is 6.29. The minimum atomic E-state index is 0.694. The van der Waals surface area contributed by atoms with Crippen LogP contribution in [0.4, 0.5) is 10.8 Å². The van der Waals surface area contributed by atoms with Crippen LogP contribution in [0.15, 0.2) is 54.6 Å². The normalized spacial score (nSPS) is 10.9. The first-order valence-corrected chi connectivity index (χ1v) is 8.30. The van der Waals surface area contributed by atoms with Gasteiger partial charge in [-0.1, -0.05) is 53.8 Å². The lowest BCUT2D eigenvalue weighted by molar-refractivity contribution is 0.417. The molecule has 0 saturated heterocycles. The van der Waals surface area contributed by atoms with Gasteiger partial charge in [-0.05, 0) is 17.7 Å². The molecule has 0 unspecified atom stereocenters. The molecule has 0 aliphatic rings. The molecule has 4 rings (SSSR count). The van der Waals surface area contributed by atoms with Gasteiger partial charge in [0.1, 0.15) is 5.75 Å². The van der Waals surface area contributed by atoms with Crippen LogP contribution < -0.4 is 10.1 Å². The topological polar surface area (TPSA) is 64.3 Å². The molecule has 120 valence electrons. The predicted molar refractivity (Wildman–Crippen MR) is 94.2 cm³/mol. The van der Waals surface area contributed by atoms with Gasteiger partial charge in [0.05, 0.1) is 12.8 Å². The zero-order chi connectivity index (χ0) is 16.4. The van der Waals surface area contributed by atoms with Crippen LogP contribution in [0.5, 0.6) is 5.75 Å². The van der Waals surface area contributed by atoms with Crippen molar-refractivity contribution in [1.29, 1.82) is 0 Å².